The first-order valence-corrected chi connectivity index (χ1v) is 6.99. The topological polar surface area (TPSA) is 78.0 Å². The van der Waals surface area contributed by atoms with Gasteiger partial charge in [-0.1, -0.05) is 0 Å². The maximum atomic E-state index is 8.69. The molecular formula is C11H20IN5OS. The summed E-state index contributed by atoms with van der Waals surface area (Å²) in [5, 5.41) is 11.8. The summed E-state index contributed by atoms with van der Waals surface area (Å²) < 4.78 is 0. The predicted octanol–water partition coefficient (Wildman–Crippen LogP) is 0.580. The first-order valence-electron chi connectivity index (χ1n) is 6.11. The van der Waals surface area contributed by atoms with Gasteiger partial charge in [0, 0.05) is 50.9 Å². The molecule has 0 saturated carbocycles. The molecule has 0 aliphatic carbocycles. The monoisotopic (exact) mass is 397 g/mol. The maximum absolute atomic E-state index is 8.69. The van der Waals surface area contributed by atoms with E-state index in [4.69, 9.17) is 10.8 Å². The molecule has 1 aromatic heterocycles. The Hall–Kier alpha value is -0.610. The molecular weight excluding hydrogens is 377 g/mol. The van der Waals surface area contributed by atoms with E-state index in [2.05, 4.69) is 19.8 Å². The summed E-state index contributed by atoms with van der Waals surface area (Å²) in [4.78, 5) is 12.9. The lowest BCUT2D eigenvalue weighted by atomic mass is 10.3. The number of hydrogen-bond donors (Lipinski definition) is 2. The van der Waals surface area contributed by atoms with Crippen molar-refractivity contribution in [2.75, 3.05) is 44.2 Å². The van der Waals surface area contributed by atoms with E-state index in [1.807, 2.05) is 11.6 Å². The lowest BCUT2D eigenvalue weighted by molar-refractivity contribution is 0.290. The quantitative estimate of drug-likeness (QED) is 0.337. The number of aliphatic hydroxyl groups is 1. The van der Waals surface area contributed by atoms with E-state index in [0.717, 1.165) is 31.3 Å². The molecule has 2 rings (SSSR count). The van der Waals surface area contributed by atoms with Crippen molar-refractivity contribution < 1.29 is 5.11 Å². The van der Waals surface area contributed by atoms with Crippen molar-refractivity contribution in [3.05, 3.63) is 11.6 Å². The molecule has 1 aliphatic rings. The largest absolute Gasteiger partial charge is 0.396 e. The first-order chi connectivity index (χ1) is 8.81. The normalized spacial score (nSPS) is 16.4. The Morgan fingerprint density at radius 2 is 2.16 bits per heavy atom. The van der Waals surface area contributed by atoms with Gasteiger partial charge in [-0.15, -0.1) is 35.3 Å². The molecule has 3 N–H and O–H groups in total. The number of guanidine groups is 1. The van der Waals surface area contributed by atoms with Gasteiger partial charge in [0.2, 0.25) is 0 Å². The molecule has 0 amide bonds. The van der Waals surface area contributed by atoms with Crippen LogP contribution in [0, 0.1) is 0 Å². The Labute approximate surface area is 134 Å². The van der Waals surface area contributed by atoms with Crippen LogP contribution in [0.15, 0.2) is 16.6 Å². The minimum atomic E-state index is 0. The molecule has 1 saturated heterocycles. The van der Waals surface area contributed by atoms with Crippen molar-refractivity contribution in [1.29, 1.82) is 0 Å². The Bertz CT molecular complexity index is 378. The van der Waals surface area contributed by atoms with E-state index in [9.17, 15) is 0 Å². The van der Waals surface area contributed by atoms with Gasteiger partial charge in [0.25, 0.3) is 0 Å². The van der Waals surface area contributed by atoms with Gasteiger partial charge in [0.05, 0.1) is 0 Å². The fourth-order valence-electron chi connectivity index (χ4n) is 1.86. The molecule has 0 radical (unpaired) electrons. The van der Waals surface area contributed by atoms with Gasteiger partial charge in [-0.2, -0.15) is 0 Å². The fourth-order valence-corrected chi connectivity index (χ4v) is 2.56. The number of piperazine rings is 1. The molecule has 19 heavy (non-hydrogen) atoms. The smallest absolute Gasteiger partial charge is 0.191 e. The zero-order valence-electron chi connectivity index (χ0n) is 10.7. The first kappa shape index (κ1) is 16.4. The highest BCUT2D eigenvalue weighted by atomic mass is 127. The summed E-state index contributed by atoms with van der Waals surface area (Å²) in [6.45, 7) is 4.33. The summed E-state index contributed by atoms with van der Waals surface area (Å²) in [7, 11) is 0. The number of halogens is 1. The zero-order chi connectivity index (χ0) is 12.8. The average molecular weight is 397 g/mol. The van der Waals surface area contributed by atoms with Crippen LogP contribution in [0.25, 0.3) is 0 Å². The van der Waals surface area contributed by atoms with Gasteiger partial charge in [0.1, 0.15) is 0 Å². The molecule has 8 heteroatoms. The summed E-state index contributed by atoms with van der Waals surface area (Å²) >= 11 is 1.66. The van der Waals surface area contributed by atoms with Gasteiger partial charge in [-0.3, -0.25) is 4.99 Å². The summed E-state index contributed by atoms with van der Waals surface area (Å²) in [6, 6.07) is 0. The molecule has 1 fully saturated rings. The second-order valence-electron chi connectivity index (χ2n) is 4.11. The number of nitrogens with zero attached hydrogens (tertiary/aromatic N) is 4. The molecule has 0 aromatic carbocycles. The second kappa shape index (κ2) is 8.54. The molecule has 0 spiro atoms. The van der Waals surface area contributed by atoms with Crippen LogP contribution in [-0.2, 0) is 0 Å². The summed E-state index contributed by atoms with van der Waals surface area (Å²) in [5.41, 5.74) is 5.92. The highest BCUT2D eigenvalue weighted by Crippen LogP contribution is 2.18. The van der Waals surface area contributed by atoms with E-state index >= 15 is 0 Å². The van der Waals surface area contributed by atoms with Crippen LogP contribution in [0.5, 0.6) is 0 Å². The van der Waals surface area contributed by atoms with E-state index in [-0.39, 0.29) is 30.6 Å². The molecule has 6 nitrogen and oxygen atoms in total. The van der Waals surface area contributed by atoms with Crippen molar-refractivity contribution in [2.45, 2.75) is 6.42 Å². The lowest BCUT2D eigenvalue weighted by Gasteiger charge is -2.35. The van der Waals surface area contributed by atoms with Crippen molar-refractivity contribution in [3.63, 3.8) is 0 Å². The third kappa shape index (κ3) is 4.77. The summed E-state index contributed by atoms with van der Waals surface area (Å²) in [5.74, 6) is 0.585. The minimum absolute atomic E-state index is 0. The van der Waals surface area contributed by atoms with Crippen LogP contribution >= 0.6 is 35.3 Å². The van der Waals surface area contributed by atoms with Gasteiger partial charge in [-0.05, 0) is 6.42 Å². The average Bonchev–Trinajstić information content (AvgIpc) is 2.93. The van der Waals surface area contributed by atoms with Gasteiger partial charge >= 0.3 is 0 Å². The standard InChI is InChI=1S/C11H19N5OS.HI/c12-10(13-2-1-8-17)15-4-6-16(7-5-15)11-14-3-9-18-11;/h3,9,17H,1-2,4-8H2,(H2,12,13);1H. The Morgan fingerprint density at radius 1 is 1.42 bits per heavy atom. The number of aromatic nitrogens is 1. The Balaban J connectivity index is 0.00000180. The molecule has 1 aliphatic heterocycles. The molecule has 0 atom stereocenters. The lowest BCUT2D eigenvalue weighted by Crippen LogP contribution is -2.51. The predicted molar refractivity (Wildman–Crippen MR) is 89.5 cm³/mol. The van der Waals surface area contributed by atoms with Crippen molar-refractivity contribution in [3.8, 4) is 0 Å². The molecule has 0 unspecified atom stereocenters. The Kier molecular flexibility index (Phi) is 7.39. The number of anilines is 1. The van der Waals surface area contributed by atoms with Crippen LogP contribution in [0.4, 0.5) is 5.13 Å². The molecule has 2 heterocycles. The van der Waals surface area contributed by atoms with Gasteiger partial charge in [0.15, 0.2) is 11.1 Å². The van der Waals surface area contributed by atoms with Crippen molar-refractivity contribution >= 4 is 46.4 Å². The highest BCUT2D eigenvalue weighted by Gasteiger charge is 2.19. The van der Waals surface area contributed by atoms with E-state index in [1.54, 1.807) is 11.3 Å². The van der Waals surface area contributed by atoms with Crippen molar-refractivity contribution in [2.24, 2.45) is 10.7 Å². The number of thiazole rings is 1. The van der Waals surface area contributed by atoms with E-state index < -0.39 is 0 Å². The minimum Gasteiger partial charge on any atom is -0.396 e. The number of rotatable bonds is 4. The second-order valence-corrected chi connectivity index (χ2v) is 4.98. The number of aliphatic imine (C=N–C) groups is 1. The van der Waals surface area contributed by atoms with Crippen LogP contribution in [0.2, 0.25) is 0 Å². The third-order valence-corrected chi connectivity index (χ3v) is 3.72. The number of aliphatic hydroxyl groups excluding tert-OH is 1. The zero-order valence-corrected chi connectivity index (χ0v) is 13.9. The number of hydrogen-bond acceptors (Lipinski definition) is 5. The van der Waals surface area contributed by atoms with Gasteiger partial charge in [-0.25, -0.2) is 4.98 Å². The Morgan fingerprint density at radius 3 is 2.74 bits per heavy atom. The van der Waals surface area contributed by atoms with E-state index in [0.29, 0.717) is 18.9 Å². The van der Waals surface area contributed by atoms with Crippen LogP contribution < -0.4 is 10.6 Å². The van der Waals surface area contributed by atoms with Gasteiger partial charge < -0.3 is 20.6 Å². The third-order valence-electron chi connectivity index (χ3n) is 2.88. The van der Waals surface area contributed by atoms with E-state index in [1.165, 1.54) is 0 Å². The SMILES string of the molecule is I.NC(=NCCCO)N1CCN(c2nccs2)CC1. The molecule has 1 aromatic rings. The molecule has 108 valence electrons. The maximum Gasteiger partial charge on any atom is 0.191 e. The highest BCUT2D eigenvalue weighted by molar-refractivity contribution is 14.0. The molecule has 0 bridgehead atoms. The summed E-state index contributed by atoms with van der Waals surface area (Å²) in [6.07, 6.45) is 2.50. The fraction of sp³-hybridized carbons (Fsp3) is 0.636. The van der Waals surface area contributed by atoms with Crippen molar-refractivity contribution in [1.82, 2.24) is 9.88 Å². The van der Waals surface area contributed by atoms with Crippen LogP contribution in [0.3, 0.4) is 0 Å². The van der Waals surface area contributed by atoms with Crippen LogP contribution in [0.1, 0.15) is 6.42 Å². The number of nitrogens with two attached hydrogens (primary N) is 1. The van der Waals surface area contributed by atoms with Crippen LogP contribution in [-0.4, -0.2) is 60.3 Å².